The van der Waals surface area contributed by atoms with E-state index in [9.17, 15) is 4.79 Å². The monoisotopic (exact) mass is 384 g/mol. The lowest BCUT2D eigenvalue weighted by molar-refractivity contribution is 0.0751. The van der Waals surface area contributed by atoms with Gasteiger partial charge in [0.2, 0.25) is 5.95 Å². The first-order chi connectivity index (χ1) is 12.9. The van der Waals surface area contributed by atoms with E-state index in [2.05, 4.69) is 41.7 Å². The van der Waals surface area contributed by atoms with E-state index in [0.29, 0.717) is 11.3 Å². The fourth-order valence-electron chi connectivity index (χ4n) is 4.09. The van der Waals surface area contributed by atoms with Crippen molar-refractivity contribution in [1.29, 1.82) is 0 Å². The lowest BCUT2D eigenvalue weighted by atomic mass is 9.72. The lowest BCUT2D eigenvalue weighted by Gasteiger charge is -2.34. The van der Waals surface area contributed by atoms with Crippen LogP contribution in [-0.4, -0.2) is 47.0 Å². The quantitative estimate of drug-likeness (QED) is 0.793. The molecule has 0 bridgehead atoms. The number of rotatable bonds is 2. The summed E-state index contributed by atoms with van der Waals surface area (Å²) in [6, 6.07) is 4.00. The van der Waals surface area contributed by atoms with Crippen LogP contribution in [0.3, 0.4) is 0 Å². The van der Waals surface area contributed by atoms with Crippen molar-refractivity contribution in [3.63, 3.8) is 0 Å². The Morgan fingerprint density at radius 1 is 1.15 bits per heavy atom. The first kappa shape index (κ1) is 18.4. The Morgan fingerprint density at radius 2 is 1.85 bits per heavy atom. The second-order valence-electron chi connectivity index (χ2n) is 8.69. The molecule has 5 nitrogen and oxygen atoms in total. The Kier molecular flexibility index (Phi) is 4.93. The first-order valence-electron chi connectivity index (χ1n) is 9.84. The molecular formula is C21H28N4OS. The van der Waals surface area contributed by atoms with E-state index in [1.165, 1.54) is 16.9 Å². The van der Waals surface area contributed by atoms with Gasteiger partial charge in [0.05, 0.1) is 4.88 Å². The molecule has 1 amide bonds. The van der Waals surface area contributed by atoms with Crippen LogP contribution < -0.4 is 4.90 Å². The highest BCUT2D eigenvalue weighted by atomic mass is 32.1. The standard InChI is InChI=1S/C21H28N4OS/c1-21(2,3)16-5-6-17-15(13-16)14-18(27-17)19(26)24-9-11-25(12-10-24)20-22-7-4-8-23-20/h4,7-8,14,16H,5-6,9-13H2,1-3H3/t16-/m0/s1. The van der Waals surface area contributed by atoms with E-state index >= 15 is 0 Å². The van der Waals surface area contributed by atoms with Gasteiger partial charge >= 0.3 is 0 Å². The number of aromatic nitrogens is 2. The topological polar surface area (TPSA) is 49.3 Å². The minimum Gasteiger partial charge on any atom is -0.337 e. The molecule has 1 aliphatic carbocycles. The molecule has 1 saturated heterocycles. The van der Waals surface area contributed by atoms with Crippen LogP contribution >= 0.6 is 11.3 Å². The average Bonchev–Trinajstić information content (AvgIpc) is 3.11. The fraction of sp³-hybridized carbons (Fsp3) is 0.571. The third-order valence-corrected chi connectivity index (χ3v) is 7.15. The summed E-state index contributed by atoms with van der Waals surface area (Å²) in [5.41, 5.74) is 1.74. The van der Waals surface area contributed by atoms with Gasteiger partial charge in [-0.25, -0.2) is 9.97 Å². The van der Waals surface area contributed by atoms with Gasteiger partial charge in [-0.1, -0.05) is 20.8 Å². The number of carbonyl (C=O) groups excluding carboxylic acids is 1. The number of fused-ring (bicyclic) bond motifs is 1. The number of amides is 1. The summed E-state index contributed by atoms with van der Waals surface area (Å²) in [7, 11) is 0. The lowest BCUT2D eigenvalue weighted by Crippen LogP contribution is -2.49. The van der Waals surface area contributed by atoms with Gasteiger partial charge in [-0.15, -0.1) is 11.3 Å². The molecular weight excluding hydrogens is 356 g/mol. The predicted molar refractivity (Wildman–Crippen MR) is 109 cm³/mol. The highest BCUT2D eigenvalue weighted by molar-refractivity contribution is 7.14. The summed E-state index contributed by atoms with van der Waals surface area (Å²) in [5.74, 6) is 1.65. The number of aryl methyl sites for hydroxylation is 1. The van der Waals surface area contributed by atoms with Crippen molar-refractivity contribution < 1.29 is 4.79 Å². The van der Waals surface area contributed by atoms with Crippen molar-refractivity contribution in [3.05, 3.63) is 39.8 Å². The Balaban J connectivity index is 1.41. The van der Waals surface area contributed by atoms with Crippen LogP contribution in [0.1, 0.15) is 47.3 Å². The van der Waals surface area contributed by atoms with E-state index in [-0.39, 0.29) is 5.91 Å². The maximum atomic E-state index is 13.0. The minimum absolute atomic E-state index is 0.190. The van der Waals surface area contributed by atoms with Crippen molar-refractivity contribution in [3.8, 4) is 0 Å². The van der Waals surface area contributed by atoms with Crippen LogP contribution in [0.25, 0.3) is 0 Å². The second kappa shape index (κ2) is 7.23. The van der Waals surface area contributed by atoms with Gasteiger partial charge in [-0.2, -0.15) is 0 Å². The van der Waals surface area contributed by atoms with Crippen LogP contribution in [0.15, 0.2) is 24.5 Å². The molecule has 2 aromatic rings. The summed E-state index contributed by atoms with van der Waals surface area (Å²) in [6.45, 7) is 10.0. The molecule has 2 aliphatic rings. The molecule has 3 heterocycles. The molecule has 1 aliphatic heterocycles. The van der Waals surface area contributed by atoms with E-state index in [1.807, 2.05) is 11.0 Å². The Bertz CT molecular complexity index is 803. The van der Waals surface area contributed by atoms with E-state index in [0.717, 1.165) is 49.8 Å². The van der Waals surface area contributed by atoms with Crippen molar-refractivity contribution in [2.45, 2.75) is 40.0 Å². The highest BCUT2D eigenvalue weighted by Crippen LogP contribution is 2.40. The molecule has 2 aromatic heterocycles. The molecule has 0 spiro atoms. The van der Waals surface area contributed by atoms with Crippen LogP contribution in [0, 0.1) is 11.3 Å². The second-order valence-corrected chi connectivity index (χ2v) is 9.83. The summed E-state index contributed by atoms with van der Waals surface area (Å²) in [4.78, 5) is 28.1. The number of hydrogen-bond donors (Lipinski definition) is 0. The van der Waals surface area contributed by atoms with Crippen LogP contribution in [0.2, 0.25) is 0 Å². The van der Waals surface area contributed by atoms with Crippen molar-refractivity contribution in [1.82, 2.24) is 14.9 Å². The van der Waals surface area contributed by atoms with Gasteiger partial charge in [0.15, 0.2) is 0 Å². The van der Waals surface area contributed by atoms with Crippen LogP contribution in [0.5, 0.6) is 0 Å². The number of piperazine rings is 1. The number of nitrogens with zero attached hydrogens (tertiary/aromatic N) is 4. The van der Waals surface area contributed by atoms with Gasteiger partial charge in [0.1, 0.15) is 0 Å². The molecule has 0 unspecified atom stereocenters. The van der Waals surface area contributed by atoms with Gasteiger partial charge in [-0.3, -0.25) is 4.79 Å². The van der Waals surface area contributed by atoms with Crippen molar-refractivity contribution >= 4 is 23.2 Å². The summed E-state index contributed by atoms with van der Waals surface area (Å²) < 4.78 is 0. The molecule has 4 rings (SSSR count). The van der Waals surface area contributed by atoms with Crippen molar-refractivity contribution in [2.24, 2.45) is 11.3 Å². The summed E-state index contributed by atoms with van der Waals surface area (Å²) >= 11 is 1.72. The highest BCUT2D eigenvalue weighted by Gasteiger charge is 2.31. The van der Waals surface area contributed by atoms with Gasteiger partial charge in [-0.05, 0) is 48.3 Å². The number of anilines is 1. The molecule has 0 radical (unpaired) electrons. The van der Waals surface area contributed by atoms with Gasteiger partial charge < -0.3 is 9.80 Å². The predicted octanol–water partition coefficient (Wildman–Crippen LogP) is 3.65. The zero-order chi connectivity index (χ0) is 19.0. The van der Waals surface area contributed by atoms with E-state index < -0.39 is 0 Å². The first-order valence-corrected chi connectivity index (χ1v) is 10.7. The smallest absolute Gasteiger partial charge is 0.264 e. The molecule has 27 heavy (non-hydrogen) atoms. The van der Waals surface area contributed by atoms with Crippen molar-refractivity contribution in [2.75, 3.05) is 31.1 Å². The zero-order valence-corrected chi connectivity index (χ0v) is 17.3. The summed E-state index contributed by atoms with van der Waals surface area (Å²) in [6.07, 6.45) is 7.00. The zero-order valence-electron chi connectivity index (χ0n) is 16.4. The van der Waals surface area contributed by atoms with Crippen LogP contribution in [0.4, 0.5) is 5.95 Å². The maximum absolute atomic E-state index is 13.0. The van der Waals surface area contributed by atoms with Crippen LogP contribution in [-0.2, 0) is 12.8 Å². The third-order valence-electron chi connectivity index (χ3n) is 5.92. The number of hydrogen-bond acceptors (Lipinski definition) is 5. The van der Waals surface area contributed by atoms with Gasteiger partial charge in [0, 0.05) is 43.4 Å². The van der Waals surface area contributed by atoms with Gasteiger partial charge in [0.25, 0.3) is 5.91 Å². The Labute approximate surface area is 165 Å². The molecule has 0 aromatic carbocycles. The minimum atomic E-state index is 0.190. The molecule has 1 atom stereocenters. The molecule has 144 valence electrons. The number of carbonyl (C=O) groups is 1. The third kappa shape index (κ3) is 3.86. The fourth-order valence-corrected chi connectivity index (χ4v) is 5.26. The van der Waals surface area contributed by atoms with E-state index in [4.69, 9.17) is 0 Å². The molecule has 6 heteroatoms. The SMILES string of the molecule is CC(C)(C)[C@H]1CCc2sc(C(=O)N3CCN(c4ncccn4)CC3)cc2C1. The molecule has 0 saturated carbocycles. The Morgan fingerprint density at radius 3 is 2.52 bits per heavy atom. The Hall–Kier alpha value is -1.95. The average molecular weight is 385 g/mol. The largest absolute Gasteiger partial charge is 0.337 e. The number of thiophene rings is 1. The maximum Gasteiger partial charge on any atom is 0.264 e. The normalized spacial score (nSPS) is 20.5. The molecule has 0 N–H and O–H groups in total. The summed E-state index contributed by atoms with van der Waals surface area (Å²) in [5, 5.41) is 0. The molecule has 1 fully saturated rings. The van der Waals surface area contributed by atoms with E-state index in [1.54, 1.807) is 23.7 Å².